The van der Waals surface area contributed by atoms with Crippen molar-refractivity contribution in [3.63, 3.8) is 0 Å². The molecule has 0 fully saturated rings. The molecule has 0 radical (unpaired) electrons. The molecule has 1 unspecified atom stereocenters. The van der Waals surface area contributed by atoms with Gasteiger partial charge in [0.15, 0.2) is 5.78 Å². The van der Waals surface area contributed by atoms with E-state index in [1.165, 1.54) is 33.1 Å². The average molecular weight is 574 g/mol. The number of alkyl halides is 3. The Morgan fingerprint density at radius 3 is 2.23 bits per heavy atom. The first-order chi connectivity index (χ1) is 18.7. The van der Waals surface area contributed by atoms with E-state index >= 15 is 0 Å². The van der Waals surface area contributed by atoms with Crippen LogP contribution < -0.4 is 9.47 Å². The van der Waals surface area contributed by atoms with E-state index in [1.54, 1.807) is 60.0 Å². The highest BCUT2D eigenvalue weighted by Crippen LogP contribution is 2.34. The number of fused-ring (bicyclic) bond motifs is 1. The summed E-state index contributed by atoms with van der Waals surface area (Å²) < 4.78 is 61.4. The van der Waals surface area contributed by atoms with Gasteiger partial charge in [-0.15, -0.1) is 13.2 Å². The van der Waals surface area contributed by atoms with Crippen LogP contribution in [-0.4, -0.2) is 43.9 Å². The molecule has 0 saturated heterocycles. The van der Waals surface area contributed by atoms with E-state index in [1.807, 2.05) is 0 Å². The molecule has 0 amide bonds. The Hall–Kier alpha value is -4.12. The van der Waals surface area contributed by atoms with Gasteiger partial charge in [-0.2, -0.15) is 0 Å². The van der Waals surface area contributed by atoms with Gasteiger partial charge in [0.2, 0.25) is 0 Å². The number of methoxy groups -OCH3 is 1. The Morgan fingerprint density at radius 2 is 1.62 bits per heavy atom. The Labute approximate surface area is 230 Å². The van der Waals surface area contributed by atoms with E-state index in [0.717, 1.165) is 6.07 Å². The lowest BCUT2D eigenvalue weighted by Crippen LogP contribution is -2.36. The number of carbonyl (C=O) groups is 2. The molecule has 1 heterocycles. The van der Waals surface area contributed by atoms with E-state index in [2.05, 4.69) is 4.74 Å². The predicted molar refractivity (Wildman–Crippen MR) is 143 cm³/mol. The van der Waals surface area contributed by atoms with Crippen LogP contribution in [0.5, 0.6) is 11.5 Å². The Morgan fingerprint density at radius 1 is 0.975 bits per heavy atom. The molecule has 0 bridgehead atoms. The maximum absolute atomic E-state index is 13.6. The third-order valence-electron chi connectivity index (χ3n) is 6.54. The van der Waals surface area contributed by atoms with Crippen LogP contribution in [0, 0.1) is 6.92 Å². The number of carbonyl (C=O) groups excluding carboxylic acids is 1. The van der Waals surface area contributed by atoms with Gasteiger partial charge in [0.05, 0.1) is 29.0 Å². The zero-order valence-electron chi connectivity index (χ0n) is 22.0. The van der Waals surface area contributed by atoms with Crippen molar-refractivity contribution < 1.29 is 41.5 Å². The Balaban J connectivity index is 1.83. The summed E-state index contributed by atoms with van der Waals surface area (Å²) in [5.41, 5.74) is 2.11. The number of nitrogens with zero attached hydrogens (tertiary/aromatic N) is 1. The van der Waals surface area contributed by atoms with E-state index < -0.39 is 33.6 Å². The van der Waals surface area contributed by atoms with Crippen LogP contribution in [0.15, 0.2) is 71.6 Å². The van der Waals surface area contributed by atoms with Crippen LogP contribution in [0.1, 0.15) is 41.0 Å². The number of carboxylic acids is 1. The molecular formula is C29H26F3NO6S. The fraction of sp³-hybridized carbons (Fsp3) is 0.241. The summed E-state index contributed by atoms with van der Waals surface area (Å²) in [5, 5.41) is 9.92. The van der Waals surface area contributed by atoms with Crippen molar-refractivity contribution in [2.24, 2.45) is 0 Å². The van der Waals surface area contributed by atoms with Crippen molar-refractivity contribution >= 4 is 33.5 Å². The highest BCUT2D eigenvalue weighted by atomic mass is 32.2. The van der Waals surface area contributed by atoms with Gasteiger partial charge in [-0.25, -0.2) is 0 Å². The largest absolute Gasteiger partial charge is 0.573 e. The van der Waals surface area contributed by atoms with Gasteiger partial charge in [-0.05, 0) is 74.9 Å². The number of aliphatic carboxylic acids is 1. The number of carboxylic acid groups (broad SMARTS) is 1. The molecule has 0 spiro atoms. The summed E-state index contributed by atoms with van der Waals surface area (Å²) in [5.74, 6) is -1.43. The number of ketones is 1. The van der Waals surface area contributed by atoms with Crippen molar-refractivity contribution in [2.45, 2.75) is 43.3 Å². The molecule has 3 aromatic carbocycles. The highest BCUT2D eigenvalue weighted by Gasteiger charge is 2.35. The second kappa shape index (κ2) is 10.8. The van der Waals surface area contributed by atoms with E-state index in [-0.39, 0.29) is 17.2 Å². The smallest absolute Gasteiger partial charge is 0.497 e. The lowest BCUT2D eigenvalue weighted by atomic mass is 10.0. The van der Waals surface area contributed by atoms with Crippen LogP contribution in [0.25, 0.3) is 10.9 Å². The maximum atomic E-state index is 13.6. The normalized spacial score (nSPS) is 12.8. The van der Waals surface area contributed by atoms with Crippen LogP contribution in [-0.2, 0) is 22.1 Å². The Kier molecular flexibility index (Phi) is 7.80. The first kappa shape index (κ1) is 28.9. The van der Waals surface area contributed by atoms with Crippen LogP contribution >= 0.6 is 0 Å². The summed E-state index contributed by atoms with van der Waals surface area (Å²) in [7, 11) is -0.385. The predicted octanol–water partition coefficient (Wildman–Crippen LogP) is 6.11. The van der Waals surface area contributed by atoms with Crippen molar-refractivity contribution in [1.29, 1.82) is 0 Å². The number of hydrogen-bond donors (Lipinski definition) is 1. The number of ether oxygens (including phenoxy) is 2. The van der Waals surface area contributed by atoms with Crippen molar-refractivity contribution in [3.8, 4) is 11.5 Å². The fourth-order valence-electron chi connectivity index (χ4n) is 4.35. The zero-order chi connectivity index (χ0) is 29.4. The molecule has 40 heavy (non-hydrogen) atoms. The molecule has 1 N–H and O–H groups in total. The Bertz CT molecular complexity index is 1620. The SMILES string of the molecule is COc1ccc(C(=O)c2c(C)n(Cc3cccc(S(=O)C(C)(C)C(=O)O)c3)c3cc(OC(F)(F)F)ccc23)cc1. The maximum Gasteiger partial charge on any atom is 0.573 e. The molecule has 1 aromatic heterocycles. The van der Waals surface area contributed by atoms with Crippen molar-refractivity contribution in [2.75, 3.05) is 7.11 Å². The van der Waals surface area contributed by atoms with Gasteiger partial charge in [0, 0.05) is 34.2 Å². The summed E-state index contributed by atoms with van der Waals surface area (Å²) in [4.78, 5) is 25.5. The molecule has 210 valence electrons. The van der Waals surface area contributed by atoms with Crippen LogP contribution in [0.4, 0.5) is 13.2 Å². The first-order valence-corrected chi connectivity index (χ1v) is 13.2. The number of halogens is 3. The molecule has 1 atom stereocenters. The molecule has 0 aliphatic rings. The number of benzene rings is 3. The van der Waals surface area contributed by atoms with Gasteiger partial charge >= 0.3 is 12.3 Å². The van der Waals surface area contributed by atoms with Gasteiger partial charge in [-0.1, -0.05) is 12.1 Å². The standard InChI is InChI=1S/C29H26F3NO6S/c1-17-25(26(34)19-8-10-20(38-4)11-9-19)23-13-12-21(39-29(30,31)32)15-24(23)33(17)16-18-6-5-7-22(14-18)40(37)28(2,3)27(35)36/h5-15H,16H2,1-4H3,(H,35,36). The van der Waals surface area contributed by atoms with Gasteiger partial charge in [0.25, 0.3) is 0 Å². The topological polar surface area (TPSA) is 94.8 Å². The molecule has 0 aliphatic heterocycles. The second-order valence-electron chi connectivity index (χ2n) is 9.56. The summed E-state index contributed by atoms with van der Waals surface area (Å²) in [6.07, 6.45) is -4.91. The summed E-state index contributed by atoms with van der Waals surface area (Å²) in [6.45, 7) is 4.52. The molecule has 4 aromatic rings. The van der Waals surface area contributed by atoms with Gasteiger partial charge < -0.3 is 19.1 Å². The van der Waals surface area contributed by atoms with Gasteiger partial charge in [-0.3, -0.25) is 13.8 Å². The van der Waals surface area contributed by atoms with Crippen LogP contribution in [0.3, 0.4) is 0 Å². The third kappa shape index (κ3) is 5.74. The van der Waals surface area contributed by atoms with Crippen molar-refractivity contribution in [1.82, 2.24) is 4.57 Å². The zero-order valence-corrected chi connectivity index (χ0v) is 22.9. The number of rotatable bonds is 9. The van der Waals surface area contributed by atoms with E-state index in [0.29, 0.717) is 39.0 Å². The quantitative estimate of drug-likeness (QED) is 0.243. The second-order valence-corrected chi connectivity index (χ2v) is 11.6. The minimum atomic E-state index is -4.91. The fourth-order valence-corrected chi connectivity index (χ4v) is 5.56. The molecule has 0 saturated carbocycles. The van der Waals surface area contributed by atoms with Crippen LogP contribution in [0.2, 0.25) is 0 Å². The molecular weight excluding hydrogens is 547 g/mol. The monoisotopic (exact) mass is 573 g/mol. The van der Waals surface area contributed by atoms with Gasteiger partial charge in [0.1, 0.15) is 16.2 Å². The van der Waals surface area contributed by atoms with E-state index in [9.17, 15) is 32.1 Å². The minimum Gasteiger partial charge on any atom is -0.497 e. The molecule has 4 rings (SSSR count). The molecule has 7 nitrogen and oxygen atoms in total. The summed E-state index contributed by atoms with van der Waals surface area (Å²) in [6, 6.07) is 16.8. The lowest BCUT2D eigenvalue weighted by Gasteiger charge is -2.19. The van der Waals surface area contributed by atoms with Crippen molar-refractivity contribution in [3.05, 3.63) is 89.1 Å². The number of hydrogen-bond acceptors (Lipinski definition) is 5. The minimum absolute atomic E-state index is 0.103. The van der Waals surface area contributed by atoms with E-state index in [4.69, 9.17) is 4.74 Å². The highest BCUT2D eigenvalue weighted by molar-refractivity contribution is 7.87. The summed E-state index contributed by atoms with van der Waals surface area (Å²) >= 11 is 0. The molecule has 11 heteroatoms. The third-order valence-corrected chi connectivity index (χ3v) is 8.32. The number of aromatic nitrogens is 1. The lowest BCUT2D eigenvalue weighted by molar-refractivity contribution is -0.274. The first-order valence-electron chi connectivity index (χ1n) is 12.0. The molecule has 0 aliphatic carbocycles. The average Bonchev–Trinajstić information content (AvgIpc) is 3.17.